The molecule has 0 spiro atoms. The molecule has 0 unspecified atom stereocenters. The van der Waals surface area contributed by atoms with Gasteiger partial charge < -0.3 is 10.2 Å². The van der Waals surface area contributed by atoms with Crippen LogP contribution < -0.4 is 5.73 Å². The molecular weight excluding hydrogens is 476 g/mol. The first-order valence-electron chi connectivity index (χ1n) is 9.54. The van der Waals surface area contributed by atoms with E-state index in [0.29, 0.717) is 40.2 Å². The van der Waals surface area contributed by atoms with Crippen LogP contribution in [0.2, 0.25) is 0 Å². The first-order valence-corrected chi connectivity index (χ1v) is 11.3. The fourth-order valence-corrected chi connectivity index (χ4v) is 4.36. The number of halogens is 1. The van der Waals surface area contributed by atoms with E-state index in [1.165, 1.54) is 11.8 Å². The molecule has 0 aliphatic heterocycles. The van der Waals surface area contributed by atoms with Gasteiger partial charge in [-0.1, -0.05) is 54.2 Å². The number of anilines is 1. The van der Waals surface area contributed by atoms with Gasteiger partial charge in [0.25, 0.3) is 0 Å². The predicted molar refractivity (Wildman–Crippen MR) is 124 cm³/mol. The smallest absolute Gasteiger partial charge is 0.200 e. The topological polar surface area (TPSA) is 95.6 Å². The van der Waals surface area contributed by atoms with E-state index < -0.39 is 0 Å². The monoisotopic (exact) mass is 492 g/mol. The Kier molecular flexibility index (Phi) is 5.44. The molecule has 9 heteroatoms. The van der Waals surface area contributed by atoms with Crippen LogP contribution in [-0.4, -0.2) is 24.7 Å². The van der Waals surface area contributed by atoms with E-state index in [1.54, 1.807) is 0 Å². The number of hydrogen-bond donors (Lipinski definition) is 1. The SMILES string of the molecule is Nc1nc(CSc2nnc(-c3ccc(Br)o3)n2Cc2ccccc2)nc2ccccc12. The molecule has 3 aromatic heterocycles. The molecule has 154 valence electrons. The number of thioether (sulfide) groups is 1. The summed E-state index contributed by atoms with van der Waals surface area (Å²) in [6.07, 6.45) is 0. The van der Waals surface area contributed by atoms with Crippen LogP contribution in [0.15, 0.2) is 81.0 Å². The zero-order chi connectivity index (χ0) is 21.2. The summed E-state index contributed by atoms with van der Waals surface area (Å²) in [6.45, 7) is 0.616. The molecule has 31 heavy (non-hydrogen) atoms. The van der Waals surface area contributed by atoms with Crippen LogP contribution in [0, 0.1) is 0 Å². The highest BCUT2D eigenvalue weighted by Gasteiger charge is 2.18. The quantitative estimate of drug-likeness (QED) is 0.326. The molecule has 0 saturated carbocycles. The fourth-order valence-electron chi connectivity index (χ4n) is 3.27. The molecule has 0 aliphatic carbocycles. The van der Waals surface area contributed by atoms with Crippen LogP contribution in [0.3, 0.4) is 0 Å². The van der Waals surface area contributed by atoms with Gasteiger partial charge in [-0.2, -0.15) is 0 Å². The second kappa shape index (κ2) is 8.52. The number of fused-ring (bicyclic) bond motifs is 1. The van der Waals surface area contributed by atoms with Crippen molar-refractivity contribution in [2.24, 2.45) is 0 Å². The van der Waals surface area contributed by atoms with E-state index in [2.05, 4.69) is 48.2 Å². The summed E-state index contributed by atoms with van der Waals surface area (Å²) in [5, 5.41) is 10.4. The molecule has 0 radical (unpaired) electrons. The lowest BCUT2D eigenvalue weighted by Crippen LogP contribution is -2.05. The maximum absolute atomic E-state index is 6.13. The van der Waals surface area contributed by atoms with Gasteiger partial charge in [0.1, 0.15) is 11.6 Å². The second-order valence-electron chi connectivity index (χ2n) is 6.81. The molecule has 0 fully saturated rings. The summed E-state index contributed by atoms with van der Waals surface area (Å²) < 4.78 is 8.41. The number of para-hydroxylation sites is 1. The normalized spacial score (nSPS) is 11.3. The van der Waals surface area contributed by atoms with Crippen molar-refractivity contribution in [2.75, 3.05) is 5.73 Å². The fraction of sp³-hybridized carbons (Fsp3) is 0.0909. The van der Waals surface area contributed by atoms with Crippen molar-refractivity contribution in [3.05, 3.63) is 82.8 Å². The highest BCUT2D eigenvalue weighted by Crippen LogP contribution is 2.29. The summed E-state index contributed by atoms with van der Waals surface area (Å²) >= 11 is 4.87. The molecule has 3 heterocycles. The van der Waals surface area contributed by atoms with E-state index >= 15 is 0 Å². The zero-order valence-electron chi connectivity index (χ0n) is 16.3. The van der Waals surface area contributed by atoms with E-state index in [1.807, 2.05) is 59.2 Å². The minimum atomic E-state index is 0.480. The molecule has 2 N–H and O–H groups in total. The van der Waals surface area contributed by atoms with Gasteiger partial charge in [0.05, 0.1) is 17.8 Å². The van der Waals surface area contributed by atoms with Crippen molar-refractivity contribution in [1.29, 1.82) is 0 Å². The van der Waals surface area contributed by atoms with Gasteiger partial charge in [-0.3, -0.25) is 4.57 Å². The Labute approximate surface area is 190 Å². The van der Waals surface area contributed by atoms with Gasteiger partial charge in [0, 0.05) is 5.39 Å². The number of hydrogen-bond acceptors (Lipinski definition) is 7. The van der Waals surface area contributed by atoms with Crippen LogP contribution >= 0.6 is 27.7 Å². The minimum absolute atomic E-state index is 0.480. The molecule has 2 aromatic carbocycles. The van der Waals surface area contributed by atoms with Gasteiger partial charge in [0.15, 0.2) is 15.6 Å². The lowest BCUT2D eigenvalue weighted by molar-refractivity contribution is 0.545. The van der Waals surface area contributed by atoms with Crippen molar-refractivity contribution >= 4 is 44.4 Å². The van der Waals surface area contributed by atoms with Gasteiger partial charge in [-0.05, 0) is 45.8 Å². The Hall–Kier alpha value is -3.17. The molecule has 0 atom stereocenters. The summed E-state index contributed by atoms with van der Waals surface area (Å²) in [7, 11) is 0. The lowest BCUT2D eigenvalue weighted by Gasteiger charge is -2.09. The highest BCUT2D eigenvalue weighted by molar-refractivity contribution is 9.10. The largest absolute Gasteiger partial charge is 0.446 e. The number of nitrogen functional groups attached to an aromatic ring is 1. The second-order valence-corrected chi connectivity index (χ2v) is 8.54. The van der Waals surface area contributed by atoms with Crippen LogP contribution in [0.1, 0.15) is 11.4 Å². The predicted octanol–water partition coefficient (Wildman–Crippen LogP) is 5.17. The van der Waals surface area contributed by atoms with E-state index in [-0.39, 0.29) is 0 Å². The van der Waals surface area contributed by atoms with Crippen molar-refractivity contribution in [2.45, 2.75) is 17.5 Å². The average molecular weight is 493 g/mol. The van der Waals surface area contributed by atoms with Crippen molar-refractivity contribution in [3.8, 4) is 11.6 Å². The molecule has 0 aliphatic rings. The Balaban J connectivity index is 1.46. The summed E-state index contributed by atoms with van der Waals surface area (Å²) in [6, 6.07) is 21.6. The van der Waals surface area contributed by atoms with E-state index in [0.717, 1.165) is 21.6 Å². The number of nitrogens with two attached hydrogens (primary N) is 1. The molecule has 5 rings (SSSR count). The third-order valence-corrected chi connectivity index (χ3v) is 6.09. The third-order valence-electron chi connectivity index (χ3n) is 4.70. The van der Waals surface area contributed by atoms with Gasteiger partial charge in [-0.25, -0.2) is 9.97 Å². The first-order chi connectivity index (χ1) is 15.2. The number of furan rings is 1. The summed E-state index contributed by atoms with van der Waals surface area (Å²) in [5.74, 6) is 2.96. The molecule has 0 bridgehead atoms. The van der Waals surface area contributed by atoms with Crippen LogP contribution in [0.4, 0.5) is 5.82 Å². The maximum Gasteiger partial charge on any atom is 0.200 e. The van der Waals surface area contributed by atoms with E-state index in [9.17, 15) is 0 Å². The van der Waals surface area contributed by atoms with Crippen LogP contribution in [0.5, 0.6) is 0 Å². The number of benzene rings is 2. The van der Waals surface area contributed by atoms with Gasteiger partial charge >= 0.3 is 0 Å². The van der Waals surface area contributed by atoms with Crippen molar-refractivity contribution in [1.82, 2.24) is 24.7 Å². The van der Waals surface area contributed by atoms with Gasteiger partial charge in [0.2, 0.25) is 5.82 Å². The Morgan fingerprint density at radius 1 is 0.935 bits per heavy atom. The first kappa shape index (κ1) is 19.8. The molecule has 0 saturated heterocycles. The van der Waals surface area contributed by atoms with Crippen molar-refractivity contribution in [3.63, 3.8) is 0 Å². The molecular formula is C22H17BrN6OS. The van der Waals surface area contributed by atoms with Crippen LogP contribution in [-0.2, 0) is 12.3 Å². The molecule has 0 amide bonds. The lowest BCUT2D eigenvalue weighted by atomic mass is 10.2. The third kappa shape index (κ3) is 4.19. The van der Waals surface area contributed by atoms with E-state index in [4.69, 9.17) is 10.2 Å². The van der Waals surface area contributed by atoms with Gasteiger partial charge in [-0.15, -0.1) is 10.2 Å². The Morgan fingerprint density at radius 2 is 1.74 bits per heavy atom. The summed E-state index contributed by atoms with van der Waals surface area (Å²) in [4.78, 5) is 9.10. The maximum atomic E-state index is 6.13. The number of rotatable bonds is 6. The average Bonchev–Trinajstić information content (AvgIpc) is 3.39. The Bertz CT molecular complexity index is 1350. The molecule has 5 aromatic rings. The zero-order valence-corrected chi connectivity index (χ0v) is 18.7. The highest BCUT2D eigenvalue weighted by atomic mass is 79.9. The number of aromatic nitrogens is 5. The van der Waals surface area contributed by atoms with Crippen LogP contribution in [0.25, 0.3) is 22.5 Å². The summed E-state index contributed by atoms with van der Waals surface area (Å²) in [5.41, 5.74) is 8.10. The minimum Gasteiger partial charge on any atom is -0.446 e. The van der Waals surface area contributed by atoms with Crippen molar-refractivity contribution < 1.29 is 4.42 Å². The number of nitrogens with zero attached hydrogens (tertiary/aromatic N) is 5. The standard InChI is InChI=1S/C22H17BrN6OS/c23-18-11-10-17(30-18)21-27-28-22(29(21)12-14-6-2-1-3-7-14)31-13-19-25-16-9-5-4-8-15(16)20(24)26-19/h1-11H,12-13H2,(H2,24,25,26). The molecule has 7 nitrogen and oxygen atoms in total. The Morgan fingerprint density at radius 3 is 2.55 bits per heavy atom.